The molecule has 3 heterocycles. The van der Waals surface area contributed by atoms with E-state index in [1.54, 1.807) is 0 Å². The molecule has 0 atom stereocenters. The zero-order valence-corrected chi connectivity index (χ0v) is 36.8. The van der Waals surface area contributed by atoms with Gasteiger partial charge in [-0.25, -0.2) is 4.98 Å². The highest BCUT2D eigenvalue weighted by atomic mass is 16.5. The molecule has 1 aliphatic heterocycles. The fourth-order valence-corrected chi connectivity index (χ4v) is 9.44. The van der Waals surface area contributed by atoms with Crippen molar-refractivity contribution in [1.82, 2.24) is 9.55 Å². The van der Waals surface area contributed by atoms with E-state index in [-0.39, 0.29) is 5.41 Å². The van der Waals surface area contributed by atoms with Crippen molar-refractivity contribution < 1.29 is 4.74 Å². The van der Waals surface area contributed by atoms with Crippen LogP contribution in [0.25, 0.3) is 38.8 Å². The van der Waals surface area contributed by atoms with E-state index in [1.165, 1.54) is 55.7 Å². The van der Waals surface area contributed by atoms with E-state index in [0.29, 0.717) is 18.5 Å². The minimum Gasteiger partial charge on any atom is -0.457 e. The molecule has 308 valence electrons. The van der Waals surface area contributed by atoms with Crippen molar-refractivity contribution in [2.24, 2.45) is 0 Å². The first-order valence-electron chi connectivity index (χ1n) is 22.3. The van der Waals surface area contributed by atoms with E-state index in [4.69, 9.17) is 9.72 Å². The van der Waals surface area contributed by atoms with Gasteiger partial charge in [-0.05, 0) is 137 Å². The predicted molar refractivity (Wildman–Crippen MR) is 258 cm³/mol. The third-order valence-corrected chi connectivity index (χ3v) is 13.0. The number of rotatable bonds is 12. The second-order valence-electron chi connectivity index (χ2n) is 17.7. The number of aromatic nitrogens is 2. The van der Waals surface area contributed by atoms with E-state index in [0.717, 1.165) is 59.7 Å². The zero-order valence-electron chi connectivity index (χ0n) is 36.8. The highest BCUT2D eigenvalue weighted by Crippen LogP contribution is 2.47. The molecule has 61 heavy (non-hydrogen) atoms. The summed E-state index contributed by atoms with van der Waals surface area (Å²) in [7, 11) is 0. The summed E-state index contributed by atoms with van der Waals surface area (Å²) >= 11 is 0. The summed E-state index contributed by atoms with van der Waals surface area (Å²) in [5.74, 6) is 3.49. The second-order valence-corrected chi connectivity index (χ2v) is 17.7. The molecule has 0 N–H and O–H groups in total. The van der Waals surface area contributed by atoms with Crippen LogP contribution in [0.1, 0.15) is 103 Å². The van der Waals surface area contributed by atoms with Gasteiger partial charge in [0.15, 0.2) is 0 Å². The monoisotopic (exact) mass is 802 g/mol. The number of fused-ring (bicyclic) bond motifs is 4. The summed E-state index contributed by atoms with van der Waals surface area (Å²) in [6, 6.07) is 53.2. The largest absolute Gasteiger partial charge is 0.457 e. The van der Waals surface area contributed by atoms with Crippen LogP contribution < -0.4 is 14.5 Å². The zero-order chi connectivity index (χ0) is 42.3. The molecular formula is C56H58N4O. The van der Waals surface area contributed by atoms with Gasteiger partial charge >= 0.3 is 0 Å². The Hall–Kier alpha value is -6.33. The number of ether oxygens (including phenoxy) is 1. The van der Waals surface area contributed by atoms with Crippen LogP contribution in [0.15, 0.2) is 152 Å². The maximum atomic E-state index is 6.99. The van der Waals surface area contributed by atoms with Crippen LogP contribution in [0.5, 0.6) is 11.5 Å². The Morgan fingerprint density at radius 2 is 1.18 bits per heavy atom. The van der Waals surface area contributed by atoms with Crippen molar-refractivity contribution in [2.45, 2.75) is 91.4 Å². The van der Waals surface area contributed by atoms with Crippen LogP contribution >= 0.6 is 0 Å². The molecule has 0 saturated carbocycles. The minimum absolute atomic E-state index is 0.0144. The van der Waals surface area contributed by atoms with Crippen molar-refractivity contribution in [2.75, 3.05) is 16.5 Å². The Morgan fingerprint density at radius 3 is 1.89 bits per heavy atom. The van der Waals surface area contributed by atoms with Gasteiger partial charge in [0.05, 0.1) is 22.4 Å². The highest BCUT2D eigenvalue weighted by Gasteiger charge is 2.30. The van der Waals surface area contributed by atoms with Crippen LogP contribution in [0.3, 0.4) is 0 Å². The fourth-order valence-electron chi connectivity index (χ4n) is 9.44. The van der Waals surface area contributed by atoms with Gasteiger partial charge in [0.1, 0.15) is 24.0 Å². The van der Waals surface area contributed by atoms with Crippen molar-refractivity contribution >= 4 is 44.6 Å². The fraction of sp³-hybridized carbons (Fsp3) is 0.268. The van der Waals surface area contributed by atoms with Gasteiger partial charge in [-0.3, -0.25) is 4.57 Å². The maximum absolute atomic E-state index is 6.99. The smallest absolute Gasteiger partial charge is 0.137 e. The molecule has 0 amide bonds. The number of hydrogen-bond donors (Lipinski definition) is 0. The maximum Gasteiger partial charge on any atom is 0.137 e. The first-order chi connectivity index (χ1) is 29.7. The second kappa shape index (κ2) is 16.6. The van der Waals surface area contributed by atoms with Gasteiger partial charge in [-0.15, -0.1) is 0 Å². The lowest BCUT2D eigenvalue weighted by atomic mass is 9.85. The van der Waals surface area contributed by atoms with Gasteiger partial charge in [0.25, 0.3) is 0 Å². The molecule has 0 saturated heterocycles. The van der Waals surface area contributed by atoms with Crippen molar-refractivity contribution in [3.63, 3.8) is 0 Å². The number of nitrogens with zero attached hydrogens (tertiary/aromatic N) is 4. The summed E-state index contributed by atoms with van der Waals surface area (Å²) in [6.45, 7) is 16.7. The molecule has 6 aromatic carbocycles. The summed E-state index contributed by atoms with van der Waals surface area (Å²) in [4.78, 5) is 9.88. The standard InChI is InChI=1S/C56H58N4O/c1-8-38(9-2)41-27-28-57-55(33-41)60-51-22-16-15-21-49(51)50-26-25-47(36-54(50)60)61-48-32-43(39(10-3)11-4)31-46(35-48)59-37-58(52-23-17-18-24-53(52)59)45-30-42(40-19-13-12-14-20-40)29-44(34-45)56(5,6)7/h12-36,38-39H,8-11,37H2,1-7H3. The summed E-state index contributed by atoms with van der Waals surface area (Å²) in [5.41, 5.74) is 13.3. The quantitative estimate of drug-likeness (QED) is 0.123. The molecule has 0 aliphatic carbocycles. The molecule has 0 unspecified atom stereocenters. The lowest BCUT2D eigenvalue weighted by Gasteiger charge is -2.27. The molecule has 0 spiro atoms. The molecule has 2 aromatic heterocycles. The van der Waals surface area contributed by atoms with Crippen LogP contribution in [0, 0.1) is 0 Å². The van der Waals surface area contributed by atoms with E-state index < -0.39 is 0 Å². The molecule has 8 aromatic rings. The number of para-hydroxylation sites is 3. The lowest BCUT2D eigenvalue weighted by Crippen LogP contribution is -2.24. The molecule has 5 nitrogen and oxygen atoms in total. The van der Waals surface area contributed by atoms with Crippen LogP contribution in [0.4, 0.5) is 22.7 Å². The van der Waals surface area contributed by atoms with E-state index in [1.807, 2.05) is 6.20 Å². The Labute approximate surface area is 362 Å². The van der Waals surface area contributed by atoms with E-state index >= 15 is 0 Å². The third kappa shape index (κ3) is 7.67. The molecule has 9 rings (SSSR count). The number of pyridine rings is 1. The molecule has 0 bridgehead atoms. The molecule has 1 aliphatic rings. The number of benzene rings is 6. The predicted octanol–water partition coefficient (Wildman–Crippen LogP) is 16.0. The van der Waals surface area contributed by atoms with Crippen molar-refractivity contribution in [3.8, 4) is 28.4 Å². The molecule has 5 heteroatoms. The third-order valence-electron chi connectivity index (χ3n) is 13.0. The van der Waals surface area contributed by atoms with Crippen molar-refractivity contribution in [3.05, 3.63) is 168 Å². The van der Waals surface area contributed by atoms with Crippen LogP contribution in [0.2, 0.25) is 0 Å². The van der Waals surface area contributed by atoms with Crippen LogP contribution in [-0.2, 0) is 5.41 Å². The van der Waals surface area contributed by atoms with Gasteiger partial charge in [0.2, 0.25) is 0 Å². The van der Waals surface area contributed by atoms with Gasteiger partial charge in [-0.2, -0.15) is 0 Å². The first kappa shape index (κ1) is 40.1. The van der Waals surface area contributed by atoms with Crippen LogP contribution in [-0.4, -0.2) is 16.2 Å². The molecular weight excluding hydrogens is 745 g/mol. The summed E-state index contributed by atoms with van der Waals surface area (Å²) in [5, 5.41) is 2.39. The van der Waals surface area contributed by atoms with Gasteiger partial charge in [0, 0.05) is 40.5 Å². The minimum atomic E-state index is -0.0144. The topological polar surface area (TPSA) is 33.5 Å². The Morgan fingerprint density at radius 1 is 0.541 bits per heavy atom. The Bertz CT molecular complexity index is 2820. The summed E-state index contributed by atoms with van der Waals surface area (Å²) in [6.07, 6.45) is 6.28. The Kier molecular flexibility index (Phi) is 10.9. The SMILES string of the molecule is CCC(CC)c1cc(Oc2ccc3c4ccccc4n(-c4cc(C(CC)CC)ccn4)c3c2)cc(N2CN(c3cc(-c4ccccc4)cc(C(C)(C)C)c3)c3ccccc32)c1. The van der Waals surface area contributed by atoms with Gasteiger partial charge < -0.3 is 14.5 Å². The summed E-state index contributed by atoms with van der Waals surface area (Å²) < 4.78 is 9.30. The van der Waals surface area contributed by atoms with E-state index in [9.17, 15) is 0 Å². The average molecular weight is 803 g/mol. The van der Waals surface area contributed by atoms with E-state index in [2.05, 4.69) is 208 Å². The average Bonchev–Trinajstić information content (AvgIpc) is 3.83. The lowest BCUT2D eigenvalue weighted by molar-refractivity contribution is 0.481. The number of hydrogen-bond acceptors (Lipinski definition) is 4. The van der Waals surface area contributed by atoms with Gasteiger partial charge in [-0.1, -0.05) is 115 Å². The molecule has 0 fully saturated rings. The first-order valence-corrected chi connectivity index (χ1v) is 22.3. The normalized spacial score (nSPS) is 12.9. The highest BCUT2D eigenvalue weighted by molar-refractivity contribution is 6.09. The number of anilines is 4. The molecule has 0 radical (unpaired) electrons. The van der Waals surface area contributed by atoms with Crippen molar-refractivity contribution in [1.29, 1.82) is 0 Å². The Balaban J connectivity index is 1.13.